The molecule has 3 N–H and O–H groups in total. The lowest BCUT2D eigenvalue weighted by molar-refractivity contribution is 0.677. The van der Waals surface area contributed by atoms with Crippen molar-refractivity contribution in [3.8, 4) is 0 Å². The summed E-state index contributed by atoms with van der Waals surface area (Å²) in [6, 6.07) is 12.3. The van der Waals surface area contributed by atoms with Gasteiger partial charge in [-0.1, -0.05) is 47.5 Å². The van der Waals surface area contributed by atoms with Crippen LogP contribution in [0.5, 0.6) is 0 Å². The summed E-state index contributed by atoms with van der Waals surface area (Å²) in [6.07, 6.45) is 6.45. The van der Waals surface area contributed by atoms with Gasteiger partial charge in [-0.25, -0.2) is 4.21 Å². The molecule has 1 aliphatic carbocycles. The molecule has 3 unspecified atom stereocenters. The van der Waals surface area contributed by atoms with Gasteiger partial charge in [-0.2, -0.15) is 0 Å². The highest BCUT2D eigenvalue weighted by Gasteiger charge is 2.21. The predicted molar refractivity (Wildman–Crippen MR) is 123 cm³/mol. The number of anilines is 2. The average Bonchev–Trinajstić information content (AvgIpc) is 2.61. The molecule has 148 valence electrons. The summed E-state index contributed by atoms with van der Waals surface area (Å²) in [6.45, 7) is 2.00. The summed E-state index contributed by atoms with van der Waals surface area (Å²) in [4.78, 5) is 0.537. The first-order valence-corrected chi connectivity index (χ1v) is 12.2. The van der Waals surface area contributed by atoms with E-state index in [1.165, 1.54) is 0 Å². The van der Waals surface area contributed by atoms with Gasteiger partial charge in [-0.3, -0.25) is 4.21 Å². The van der Waals surface area contributed by atoms with Crippen LogP contribution in [0.15, 0.2) is 71.2 Å². The van der Waals surface area contributed by atoms with E-state index in [-0.39, 0.29) is 5.25 Å². The van der Waals surface area contributed by atoms with Crippen molar-refractivity contribution in [3.05, 3.63) is 76.9 Å². The zero-order chi connectivity index (χ0) is 20.3. The van der Waals surface area contributed by atoms with E-state index in [2.05, 4.69) is 10.6 Å². The van der Waals surface area contributed by atoms with Crippen LogP contribution < -0.4 is 10.5 Å². The molecule has 0 spiro atoms. The fourth-order valence-corrected chi connectivity index (χ4v) is 6.03. The SMILES string of the molecule is C=S(=O)(Nc1cc(Cl)ccc1S(=O)Cc1cccc(N)c1)C1C=CC=C(C)C1. The standard InChI is InChI=1S/C21H23ClN2O2S2/c1-15-5-3-8-19(11-15)28(2,26)24-20-13-17(22)9-10-21(20)27(25)14-16-6-4-7-18(23)12-16/h3-10,12-13,19H,2,11,14,23H2,1H3,(H,24,26). The van der Waals surface area contributed by atoms with Crippen LogP contribution in [-0.4, -0.2) is 19.5 Å². The molecule has 7 heteroatoms. The van der Waals surface area contributed by atoms with E-state index >= 15 is 0 Å². The summed E-state index contributed by atoms with van der Waals surface area (Å²) in [5.74, 6) is 4.23. The second-order valence-electron chi connectivity index (χ2n) is 6.84. The van der Waals surface area contributed by atoms with E-state index in [9.17, 15) is 8.42 Å². The van der Waals surface area contributed by atoms with Crippen molar-refractivity contribution in [3.63, 3.8) is 0 Å². The molecule has 0 saturated carbocycles. The van der Waals surface area contributed by atoms with Gasteiger partial charge in [0.2, 0.25) is 0 Å². The van der Waals surface area contributed by atoms with Crippen LogP contribution in [0.1, 0.15) is 18.9 Å². The minimum absolute atomic E-state index is 0.244. The van der Waals surface area contributed by atoms with Crippen LogP contribution in [0.3, 0.4) is 0 Å². The van der Waals surface area contributed by atoms with Crippen LogP contribution in [-0.2, 0) is 26.3 Å². The Hall–Kier alpha value is -2.02. The molecule has 4 nitrogen and oxygen atoms in total. The number of nitrogens with one attached hydrogen (secondary N) is 1. The van der Waals surface area contributed by atoms with Crippen molar-refractivity contribution in [1.29, 1.82) is 0 Å². The van der Waals surface area contributed by atoms with Gasteiger partial charge in [-0.15, -0.1) is 0 Å². The second-order valence-corrected chi connectivity index (χ2v) is 11.0. The molecule has 3 rings (SSSR count). The highest BCUT2D eigenvalue weighted by atomic mass is 35.5. The first-order chi connectivity index (χ1) is 13.2. The molecule has 0 radical (unpaired) electrons. The third-order valence-electron chi connectivity index (χ3n) is 4.44. The zero-order valence-electron chi connectivity index (χ0n) is 15.6. The van der Waals surface area contributed by atoms with Gasteiger partial charge in [0, 0.05) is 10.7 Å². The normalized spacial score (nSPS) is 19.5. The Morgan fingerprint density at radius 2 is 2.11 bits per heavy atom. The molecule has 0 saturated heterocycles. The largest absolute Gasteiger partial charge is 0.399 e. The molecular formula is C21H23ClN2O2S2. The van der Waals surface area contributed by atoms with Crippen molar-refractivity contribution < 1.29 is 8.42 Å². The lowest BCUT2D eigenvalue weighted by Gasteiger charge is -2.24. The molecule has 0 amide bonds. The Balaban J connectivity index is 1.87. The molecule has 2 aromatic carbocycles. The smallest absolute Gasteiger partial charge is 0.0668 e. The summed E-state index contributed by atoms with van der Waals surface area (Å²) in [7, 11) is -4.08. The molecule has 0 heterocycles. The topological polar surface area (TPSA) is 72.2 Å². The van der Waals surface area contributed by atoms with E-state index in [0.717, 1.165) is 11.1 Å². The fourth-order valence-electron chi connectivity index (χ4n) is 3.01. The van der Waals surface area contributed by atoms with Crippen LogP contribution in [0.4, 0.5) is 11.4 Å². The van der Waals surface area contributed by atoms with Crippen molar-refractivity contribution in [1.82, 2.24) is 0 Å². The van der Waals surface area contributed by atoms with E-state index < -0.39 is 20.5 Å². The molecule has 3 atom stereocenters. The molecule has 1 aliphatic rings. The van der Waals surface area contributed by atoms with Gasteiger partial charge < -0.3 is 10.5 Å². The zero-order valence-corrected chi connectivity index (χ0v) is 17.9. The monoisotopic (exact) mass is 434 g/mol. The van der Waals surface area contributed by atoms with E-state index in [1.807, 2.05) is 37.3 Å². The third kappa shape index (κ3) is 5.07. The van der Waals surface area contributed by atoms with E-state index in [4.69, 9.17) is 17.3 Å². The number of allylic oxidation sites excluding steroid dienone is 3. The average molecular weight is 435 g/mol. The Kier molecular flexibility index (Phi) is 6.33. The number of nitrogens with two attached hydrogens (primary N) is 1. The molecule has 0 bridgehead atoms. The first-order valence-electron chi connectivity index (χ1n) is 8.75. The Bertz CT molecular complexity index is 1080. The van der Waals surface area contributed by atoms with Crippen molar-refractivity contribution in [2.24, 2.45) is 0 Å². The maximum Gasteiger partial charge on any atom is 0.0668 e. The Labute approximate surface area is 174 Å². The summed E-state index contributed by atoms with van der Waals surface area (Å²) in [5, 5.41) is 0.226. The maximum absolute atomic E-state index is 13.3. The van der Waals surface area contributed by atoms with E-state index in [1.54, 1.807) is 30.3 Å². The number of nitrogen functional groups attached to an aromatic ring is 1. The van der Waals surface area contributed by atoms with Gasteiger partial charge in [0.15, 0.2) is 0 Å². The van der Waals surface area contributed by atoms with Gasteiger partial charge >= 0.3 is 0 Å². The van der Waals surface area contributed by atoms with Crippen LogP contribution in [0.2, 0.25) is 5.02 Å². The number of hydrogen-bond donors (Lipinski definition) is 2. The number of halogens is 1. The second kappa shape index (κ2) is 8.55. The minimum Gasteiger partial charge on any atom is -0.399 e. The molecule has 0 fully saturated rings. The van der Waals surface area contributed by atoms with Gasteiger partial charge in [0.1, 0.15) is 0 Å². The lowest BCUT2D eigenvalue weighted by Crippen LogP contribution is -2.27. The quantitative estimate of drug-likeness (QED) is 0.517. The number of rotatable bonds is 6. The van der Waals surface area contributed by atoms with Crippen molar-refractivity contribution >= 4 is 49.4 Å². The summed E-state index contributed by atoms with van der Waals surface area (Å²) in [5.41, 5.74) is 8.93. The van der Waals surface area contributed by atoms with Crippen LogP contribution >= 0.6 is 11.6 Å². The molecule has 28 heavy (non-hydrogen) atoms. The molecule has 2 aromatic rings. The van der Waals surface area contributed by atoms with Gasteiger partial charge in [0.25, 0.3) is 0 Å². The lowest BCUT2D eigenvalue weighted by atomic mass is 10.1. The number of hydrogen-bond acceptors (Lipinski definition) is 3. The molecule has 0 aliphatic heterocycles. The number of benzene rings is 2. The minimum atomic E-state index is -2.71. The highest BCUT2D eigenvalue weighted by Crippen LogP contribution is 2.29. The molecule has 0 aromatic heterocycles. The first kappa shape index (κ1) is 20.7. The summed E-state index contributed by atoms with van der Waals surface area (Å²) < 4.78 is 29.3. The fraction of sp³-hybridized carbons (Fsp3) is 0.190. The maximum atomic E-state index is 13.3. The van der Waals surface area contributed by atoms with Gasteiger partial charge in [-0.05, 0) is 55.1 Å². The van der Waals surface area contributed by atoms with Crippen LogP contribution in [0.25, 0.3) is 0 Å². The van der Waals surface area contributed by atoms with Crippen LogP contribution in [0, 0.1) is 0 Å². The van der Waals surface area contributed by atoms with Crippen molar-refractivity contribution in [2.45, 2.75) is 29.2 Å². The highest BCUT2D eigenvalue weighted by molar-refractivity contribution is 8.02. The Morgan fingerprint density at radius 3 is 2.82 bits per heavy atom. The molecular weight excluding hydrogens is 412 g/mol. The van der Waals surface area contributed by atoms with Gasteiger partial charge in [0.05, 0.1) is 42.1 Å². The predicted octanol–water partition coefficient (Wildman–Crippen LogP) is 4.55. The Morgan fingerprint density at radius 1 is 1.32 bits per heavy atom. The summed E-state index contributed by atoms with van der Waals surface area (Å²) >= 11 is 6.15. The van der Waals surface area contributed by atoms with Crippen molar-refractivity contribution in [2.75, 3.05) is 10.5 Å². The van der Waals surface area contributed by atoms with E-state index in [0.29, 0.717) is 33.5 Å². The third-order valence-corrected chi connectivity index (χ3v) is 7.98.